The lowest BCUT2D eigenvalue weighted by atomic mass is 9.66. The van der Waals surface area contributed by atoms with Crippen LogP contribution in [0.1, 0.15) is 46.4 Å². The summed E-state index contributed by atoms with van der Waals surface area (Å²) >= 11 is 3.24. The van der Waals surface area contributed by atoms with Gasteiger partial charge in [0.25, 0.3) is 5.91 Å². The Hall–Kier alpha value is -1.40. The Labute approximate surface area is 138 Å². The monoisotopic (exact) mass is 369 g/mol. The second-order valence-electron chi connectivity index (χ2n) is 5.81. The minimum absolute atomic E-state index is 0.0947. The Morgan fingerprint density at radius 3 is 2.55 bits per heavy atom. The van der Waals surface area contributed by atoms with Crippen LogP contribution in [0.4, 0.5) is 0 Å². The van der Waals surface area contributed by atoms with Gasteiger partial charge in [0, 0.05) is 30.3 Å². The number of hydrogen-bond donors (Lipinski definition) is 2. The fourth-order valence-corrected chi connectivity index (χ4v) is 3.22. The zero-order valence-electron chi connectivity index (χ0n) is 12.5. The molecule has 1 saturated carbocycles. The highest BCUT2D eigenvalue weighted by atomic mass is 79.9. The van der Waals surface area contributed by atoms with Crippen LogP contribution in [0.25, 0.3) is 0 Å². The number of rotatable bonds is 7. The first-order valence-electron chi connectivity index (χ1n) is 7.27. The van der Waals surface area contributed by atoms with Crippen molar-refractivity contribution in [3.05, 3.63) is 33.8 Å². The molecule has 0 unspecified atom stereocenters. The quantitative estimate of drug-likeness (QED) is 0.774. The van der Waals surface area contributed by atoms with Gasteiger partial charge in [0.05, 0.1) is 5.56 Å². The van der Waals surface area contributed by atoms with Gasteiger partial charge in [-0.05, 0) is 42.9 Å². The molecular weight excluding hydrogens is 350 g/mol. The van der Waals surface area contributed by atoms with Gasteiger partial charge in [-0.2, -0.15) is 0 Å². The number of carbonyl (C=O) groups is 2. The van der Waals surface area contributed by atoms with E-state index < -0.39 is 5.97 Å². The largest absolute Gasteiger partial charge is 0.478 e. The minimum atomic E-state index is -1.05. The summed E-state index contributed by atoms with van der Waals surface area (Å²) in [5.74, 6) is -1.29. The predicted molar refractivity (Wildman–Crippen MR) is 86.2 cm³/mol. The van der Waals surface area contributed by atoms with Crippen molar-refractivity contribution in [2.75, 3.05) is 20.3 Å². The first-order chi connectivity index (χ1) is 10.5. The molecule has 0 radical (unpaired) electrons. The summed E-state index contributed by atoms with van der Waals surface area (Å²) in [5, 5.41) is 12.0. The maximum absolute atomic E-state index is 12.3. The SMILES string of the molecule is COCCC1(CNC(=O)c2cc(Br)cc(C(=O)O)c2)CCC1. The van der Waals surface area contributed by atoms with Crippen LogP contribution in [0.5, 0.6) is 0 Å². The molecule has 2 N–H and O–H groups in total. The molecule has 1 amide bonds. The lowest BCUT2D eigenvalue weighted by Crippen LogP contribution is -2.42. The van der Waals surface area contributed by atoms with E-state index in [1.807, 2.05) is 0 Å². The predicted octanol–water partition coefficient (Wildman–Crippen LogP) is 3.08. The van der Waals surface area contributed by atoms with E-state index >= 15 is 0 Å². The fourth-order valence-electron chi connectivity index (χ4n) is 2.72. The number of nitrogens with one attached hydrogen (secondary N) is 1. The maximum Gasteiger partial charge on any atom is 0.335 e. The van der Waals surface area contributed by atoms with Gasteiger partial charge in [0.15, 0.2) is 0 Å². The summed E-state index contributed by atoms with van der Waals surface area (Å²) in [5.41, 5.74) is 0.582. The summed E-state index contributed by atoms with van der Waals surface area (Å²) in [4.78, 5) is 23.3. The number of carboxylic acid groups (broad SMARTS) is 1. The third kappa shape index (κ3) is 4.08. The zero-order chi connectivity index (χ0) is 16.2. The first kappa shape index (κ1) is 17.0. The smallest absolute Gasteiger partial charge is 0.335 e. The fraction of sp³-hybridized carbons (Fsp3) is 0.500. The van der Waals surface area contributed by atoms with Gasteiger partial charge in [-0.25, -0.2) is 4.79 Å². The highest BCUT2D eigenvalue weighted by molar-refractivity contribution is 9.10. The average Bonchev–Trinajstić information content (AvgIpc) is 2.44. The third-order valence-corrected chi connectivity index (χ3v) is 4.74. The van der Waals surface area contributed by atoms with E-state index in [4.69, 9.17) is 9.84 Å². The molecule has 0 bridgehead atoms. The molecule has 1 fully saturated rings. The Balaban J connectivity index is 2.01. The van der Waals surface area contributed by atoms with Crippen LogP contribution in [0.15, 0.2) is 22.7 Å². The van der Waals surface area contributed by atoms with E-state index in [1.54, 1.807) is 13.2 Å². The molecule has 0 spiro atoms. The number of carboxylic acids is 1. The number of benzene rings is 1. The van der Waals surface area contributed by atoms with E-state index in [0.717, 1.165) is 19.3 Å². The second kappa shape index (κ2) is 7.24. The van der Waals surface area contributed by atoms with Crippen LogP contribution >= 0.6 is 15.9 Å². The number of methoxy groups -OCH3 is 1. The topological polar surface area (TPSA) is 75.6 Å². The maximum atomic E-state index is 12.3. The van der Waals surface area contributed by atoms with Gasteiger partial charge in [-0.1, -0.05) is 22.4 Å². The zero-order valence-corrected chi connectivity index (χ0v) is 14.1. The lowest BCUT2D eigenvalue weighted by molar-refractivity contribution is 0.0631. The van der Waals surface area contributed by atoms with Crippen LogP contribution in [0.3, 0.4) is 0 Å². The van der Waals surface area contributed by atoms with Crippen molar-refractivity contribution in [3.63, 3.8) is 0 Å². The number of aromatic carboxylic acids is 1. The highest BCUT2D eigenvalue weighted by Gasteiger charge is 2.36. The van der Waals surface area contributed by atoms with E-state index in [1.165, 1.54) is 18.6 Å². The normalized spacial score (nSPS) is 15.9. The summed E-state index contributed by atoms with van der Waals surface area (Å²) in [6, 6.07) is 4.50. The lowest BCUT2D eigenvalue weighted by Gasteiger charge is -2.42. The van der Waals surface area contributed by atoms with E-state index in [0.29, 0.717) is 23.2 Å². The molecule has 1 aliphatic carbocycles. The molecule has 0 heterocycles. The number of amides is 1. The highest BCUT2D eigenvalue weighted by Crippen LogP contribution is 2.43. The van der Waals surface area contributed by atoms with E-state index in [2.05, 4.69) is 21.2 Å². The summed E-state index contributed by atoms with van der Waals surface area (Å²) < 4.78 is 5.72. The van der Waals surface area contributed by atoms with Gasteiger partial charge >= 0.3 is 5.97 Å². The summed E-state index contributed by atoms with van der Waals surface area (Å²) in [6.45, 7) is 1.29. The van der Waals surface area contributed by atoms with Crippen molar-refractivity contribution in [2.45, 2.75) is 25.7 Å². The molecule has 0 saturated heterocycles. The minimum Gasteiger partial charge on any atom is -0.478 e. The van der Waals surface area contributed by atoms with Crippen molar-refractivity contribution in [1.82, 2.24) is 5.32 Å². The number of ether oxygens (including phenoxy) is 1. The van der Waals surface area contributed by atoms with E-state index in [-0.39, 0.29) is 16.9 Å². The molecular formula is C16H20BrNO4. The number of halogens is 1. The van der Waals surface area contributed by atoms with E-state index in [9.17, 15) is 9.59 Å². The Bertz CT molecular complexity index is 569. The molecule has 6 heteroatoms. The molecule has 120 valence electrons. The van der Waals surface area contributed by atoms with Crippen molar-refractivity contribution >= 4 is 27.8 Å². The number of hydrogen-bond acceptors (Lipinski definition) is 3. The molecule has 1 aromatic rings. The van der Waals surface area contributed by atoms with Crippen molar-refractivity contribution < 1.29 is 19.4 Å². The van der Waals surface area contributed by atoms with Gasteiger partial charge < -0.3 is 15.2 Å². The van der Waals surface area contributed by atoms with Crippen molar-refractivity contribution in [3.8, 4) is 0 Å². The second-order valence-corrected chi connectivity index (χ2v) is 6.73. The molecule has 1 aliphatic rings. The first-order valence-corrected chi connectivity index (χ1v) is 8.06. The van der Waals surface area contributed by atoms with Gasteiger partial charge in [-0.15, -0.1) is 0 Å². The Kier molecular flexibility index (Phi) is 5.58. The number of carbonyl (C=O) groups excluding carboxylic acids is 1. The van der Waals surface area contributed by atoms with Crippen molar-refractivity contribution in [2.24, 2.45) is 5.41 Å². The van der Waals surface area contributed by atoms with Crippen LogP contribution in [0, 0.1) is 5.41 Å². The molecule has 0 aliphatic heterocycles. The van der Waals surface area contributed by atoms with Crippen LogP contribution in [-0.2, 0) is 4.74 Å². The molecule has 0 atom stereocenters. The van der Waals surface area contributed by atoms with Crippen LogP contribution in [-0.4, -0.2) is 37.2 Å². The molecule has 5 nitrogen and oxygen atoms in total. The van der Waals surface area contributed by atoms with Gasteiger partial charge in [-0.3, -0.25) is 4.79 Å². The third-order valence-electron chi connectivity index (χ3n) is 4.28. The summed E-state index contributed by atoms with van der Waals surface area (Å²) in [6.07, 6.45) is 4.30. The van der Waals surface area contributed by atoms with Crippen LogP contribution < -0.4 is 5.32 Å². The standard InChI is InChI=1S/C16H20BrNO4/c1-22-6-5-16(3-2-4-16)10-18-14(19)11-7-12(15(20)21)9-13(17)8-11/h7-9H,2-6,10H2,1H3,(H,18,19)(H,20,21). The summed E-state index contributed by atoms with van der Waals surface area (Å²) in [7, 11) is 1.68. The Morgan fingerprint density at radius 1 is 1.32 bits per heavy atom. The molecule has 22 heavy (non-hydrogen) atoms. The average molecular weight is 370 g/mol. The Morgan fingerprint density at radius 2 is 2.00 bits per heavy atom. The van der Waals surface area contributed by atoms with Gasteiger partial charge in [0.2, 0.25) is 0 Å². The van der Waals surface area contributed by atoms with Crippen molar-refractivity contribution in [1.29, 1.82) is 0 Å². The van der Waals surface area contributed by atoms with Gasteiger partial charge in [0.1, 0.15) is 0 Å². The van der Waals surface area contributed by atoms with Crippen LogP contribution in [0.2, 0.25) is 0 Å². The molecule has 2 rings (SSSR count). The molecule has 1 aromatic carbocycles. The molecule has 0 aromatic heterocycles.